The first kappa shape index (κ1) is 8.00. The van der Waals surface area contributed by atoms with Gasteiger partial charge in [-0.15, -0.1) is 0 Å². The van der Waals surface area contributed by atoms with E-state index >= 15 is 0 Å². The molecule has 1 rings (SSSR count). The van der Waals surface area contributed by atoms with Crippen LogP contribution in [0.2, 0.25) is 0 Å². The van der Waals surface area contributed by atoms with Crippen LogP contribution in [0, 0.1) is 0 Å². The lowest BCUT2D eigenvalue weighted by molar-refractivity contribution is -0.136. The number of hydrogen-bond acceptors (Lipinski definition) is 3. The molecule has 0 aliphatic carbocycles. The maximum absolute atomic E-state index is 10.9. The molecule has 11 heavy (non-hydrogen) atoms. The zero-order valence-corrected chi connectivity index (χ0v) is 6.13. The van der Waals surface area contributed by atoms with Crippen molar-refractivity contribution in [3.8, 4) is 0 Å². The summed E-state index contributed by atoms with van der Waals surface area (Å²) >= 11 is 0. The molecule has 0 unspecified atom stereocenters. The van der Waals surface area contributed by atoms with E-state index in [-0.39, 0.29) is 18.4 Å². The summed E-state index contributed by atoms with van der Waals surface area (Å²) in [5.41, 5.74) is 0. The van der Waals surface area contributed by atoms with Gasteiger partial charge in [-0.1, -0.05) is 0 Å². The molecule has 2 amide bonds. The van der Waals surface area contributed by atoms with Crippen molar-refractivity contribution >= 4 is 11.8 Å². The van der Waals surface area contributed by atoms with Gasteiger partial charge in [-0.25, -0.2) is 0 Å². The SMILES string of the molecule is C[C@H](O)[C@H]1NC(=O)CNC1=O. The van der Waals surface area contributed by atoms with E-state index in [2.05, 4.69) is 10.6 Å². The molecule has 5 heteroatoms. The van der Waals surface area contributed by atoms with Crippen molar-refractivity contribution in [3.63, 3.8) is 0 Å². The third-order valence-corrected chi connectivity index (χ3v) is 1.50. The average Bonchev–Trinajstić information content (AvgIpc) is 1.94. The minimum Gasteiger partial charge on any atom is -0.391 e. The third kappa shape index (κ3) is 1.68. The van der Waals surface area contributed by atoms with Gasteiger partial charge in [0.25, 0.3) is 0 Å². The number of rotatable bonds is 1. The Morgan fingerprint density at radius 2 is 2.27 bits per heavy atom. The molecule has 1 saturated heterocycles. The van der Waals surface area contributed by atoms with Crippen molar-refractivity contribution in [1.29, 1.82) is 0 Å². The van der Waals surface area contributed by atoms with Crippen LogP contribution in [-0.2, 0) is 9.59 Å². The Bertz CT molecular complexity index is 190. The molecule has 2 atom stereocenters. The number of aliphatic hydroxyl groups excluding tert-OH is 1. The molecular weight excluding hydrogens is 148 g/mol. The van der Waals surface area contributed by atoms with Crippen LogP contribution >= 0.6 is 0 Å². The van der Waals surface area contributed by atoms with Gasteiger partial charge < -0.3 is 15.7 Å². The first-order chi connectivity index (χ1) is 5.11. The number of aliphatic hydroxyl groups is 1. The van der Waals surface area contributed by atoms with Crippen molar-refractivity contribution in [2.45, 2.75) is 19.1 Å². The first-order valence-electron chi connectivity index (χ1n) is 3.36. The molecule has 5 nitrogen and oxygen atoms in total. The lowest BCUT2D eigenvalue weighted by Gasteiger charge is -2.24. The summed E-state index contributed by atoms with van der Waals surface area (Å²) in [7, 11) is 0. The van der Waals surface area contributed by atoms with Crippen molar-refractivity contribution in [2.24, 2.45) is 0 Å². The number of amides is 2. The van der Waals surface area contributed by atoms with E-state index < -0.39 is 12.1 Å². The Kier molecular flexibility index (Phi) is 2.09. The van der Waals surface area contributed by atoms with Gasteiger partial charge >= 0.3 is 0 Å². The van der Waals surface area contributed by atoms with E-state index in [1.807, 2.05) is 0 Å². The number of carbonyl (C=O) groups excluding carboxylic acids is 2. The molecule has 1 aliphatic rings. The Hall–Kier alpha value is -1.10. The van der Waals surface area contributed by atoms with Gasteiger partial charge in [0.1, 0.15) is 6.04 Å². The van der Waals surface area contributed by atoms with Crippen LogP contribution in [0.4, 0.5) is 0 Å². The second kappa shape index (κ2) is 2.87. The Morgan fingerprint density at radius 1 is 1.64 bits per heavy atom. The van der Waals surface area contributed by atoms with Crippen LogP contribution in [0.5, 0.6) is 0 Å². The minimum absolute atomic E-state index is 0.00204. The summed E-state index contributed by atoms with van der Waals surface area (Å²) in [4.78, 5) is 21.6. The second-order valence-corrected chi connectivity index (χ2v) is 2.50. The molecule has 0 spiro atoms. The van der Waals surface area contributed by atoms with E-state index in [9.17, 15) is 9.59 Å². The van der Waals surface area contributed by atoms with Crippen LogP contribution in [-0.4, -0.2) is 35.6 Å². The van der Waals surface area contributed by atoms with E-state index in [0.717, 1.165) is 0 Å². The monoisotopic (exact) mass is 158 g/mol. The molecule has 0 saturated carbocycles. The Labute approximate surface area is 63.8 Å². The van der Waals surface area contributed by atoms with Gasteiger partial charge in [-0.05, 0) is 6.92 Å². The standard InChI is InChI=1S/C6H10N2O3/c1-3(9)5-6(11)7-2-4(10)8-5/h3,5,9H,2H2,1H3,(H,7,11)(H,8,10)/t3-,5+/m0/s1. The molecule has 62 valence electrons. The van der Waals surface area contributed by atoms with Crippen LogP contribution in [0.3, 0.4) is 0 Å². The maximum Gasteiger partial charge on any atom is 0.245 e. The van der Waals surface area contributed by atoms with Gasteiger partial charge in [-0.3, -0.25) is 9.59 Å². The molecule has 0 bridgehead atoms. The molecule has 0 radical (unpaired) electrons. The minimum atomic E-state index is -0.848. The van der Waals surface area contributed by atoms with Crippen LogP contribution in [0.15, 0.2) is 0 Å². The molecular formula is C6H10N2O3. The highest BCUT2D eigenvalue weighted by Crippen LogP contribution is 1.95. The normalized spacial score (nSPS) is 27.3. The van der Waals surface area contributed by atoms with E-state index in [1.54, 1.807) is 0 Å². The zero-order chi connectivity index (χ0) is 8.43. The first-order valence-corrected chi connectivity index (χ1v) is 3.36. The highest BCUT2D eigenvalue weighted by Gasteiger charge is 2.29. The van der Waals surface area contributed by atoms with Crippen molar-refractivity contribution in [1.82, 2.24) is 10.6 Å². The van der Waals surface area contributed by atoms with Crippen LogP contribution in [0.25, 0.3) is 0 Å². The number of carbonyl (C=O) groups is 2. The highest BCUT2D eigenvalue weighted by atomic mass is 16.3. The fourth-order valence-corrected chi connectivity index (χ4v) is 0.907. The lowest BCUT2D eigenvalue weighted by atomic mass is 10.1. The largest absolute Gasteiger partial charge is 0.391 e. The fourth-order valence-electron chi connectivity index (χ4n) is 0.907. The van der Waals surface area contributed by atoms with E-state index in [0.29, 0.717) is 0 Å². The smallest absolute Gasteiger partial charge is 0.245 e. The molecule has 1 heterocycles. The molecule has 0 aromatic heterocycles. The number of piperazine rings is 1. The van der Waals surface area contributed by atoms with Crippen LogP contribution < -0.4 is 10.6 Å². The second-order valence-electron chi connectivity index (χ2n) is 2.50. The Morgan fingerprint density at radius 3 is 2.73 bits per heavy atom. The van der Waals surface area contributed by atoms with Gasteiger partial charge in [0.15, 0.2) is 0 Å². The molecule has 0 aromatic rings. The highest BCUT2D eigenvalue weighted by molar-refractivity contribution is 5.95. The molecule has 3 N–H and O–H groups in total. The fraction of sp³-hybridized carbons (Fsp3) is 0.667. The average molecular weight is 158 g/mol. The summed E-state index contributed by atoms with van der Waals surface area (Å²) in [5.74, 6) is -0.602. The van der Waals surface area contributed by atoms with Crippen molar-refractivity contribution in [3.05, 3.63) is 0 Å². The van der Waals surface area contributed by atoms with Gasteiger partial charge in [-0.2, -0.15) is 0 Å². The van der Waals surface area contributed by atoms with Crippen molar-refractivity contribution in [2.75, 3.05) is 6.54 Å². The summed E-state index contributed by atoms with van der Waals surface area (Å²) < 4.78 is 0. The van der Waals surface area contributed by atoms with E-state index in [4.69, 9.17) is 5.11 Å². The topological polar surface area (TPSA) is 78.4 Å². The van der Waals surface area contributed by atoms with Gasteiger partial charge in [0, 0.05) is 0 Å². The van der Waals surface area contributed by atoms with Gasteiger partial charge in [0.05, 0.1) is 12.6 Å². The third-order valence-electron chi connectivity index (χ3n) is 1.50. The Balaban J connectivity index is 2.61. The molecule has 1 aliphatic heterocycles. The van der Waals surface area contributed by atoms with E-state index in [1.165, 1.54) is 6.92 Å². The predicted molar refractivity (Wildman–Crippen MR) is 36.6 cm³/mol. The molecule has 1 fully saturated rings. The van der Waals surface area contributed by atoms with Crippen molar-refractivity contribution < 1.29 is 14.7 Å². The molecule has 0 aromatic carbocycles. The van der Waals surface area contributed by atoms with Gasteiger partial charge in [0.2, 0.25) is 11.8 Å². The quantitative estimate of drug-likeness (QED) is 0.412. The number of hydrogen-bond donors (Lipinski definition) is 3. The summed E-state index contributed by atoms with van der Waals surface area (Å²) in [6, 6.07) is -0.795. The zero-order valence-electron chi connectivity index (χ0n) is 6.13. The van der Waals surface area contributed by atoms with Crippen LogP contribution in [0.1, 0.15) is 6.92 Å². The maximum atomic E-state index is 10.9. The number of nitrogens with one attached hydrogen (secondary N) is 2. The predicted octanol–water partition coefficient (Wildman–Crippen LogP) is -2.02. The summed E-state index contributed by atoms with van der Waals surface area (Å²) in [6.45, 7) is 1.46. The summed E-state index contributed by atoms with van der Waals surface area (Å²) in [5, 5.41) is 13.7. The summed E-state index contributed by atoms with van der Waals surface area (Å²) in [6.07, 6.45) is -0.848. The lowest BCUT2D eigenvalue weighted by Crippen LogP contribution is -2.60.